The van der Waals surface area contributed by atoms with Crippen LogP contribution in [-0.4, -0.2) is 23.3 Å². The number of halogens is 1. The summed E-state index contributed by atoms with van der Waals surface area (Å²) in [5.74, 6) is -0.334. The molecule has 1 aliphatic carbocycles. The zero-order valence-corrected chi connectivity index (χ0v) is 10.4. The lowest BCUT2D eigenvalue weighted by atomic mass is 9.98. The molecule has 98 valence electrons. The van der Waals surface area contributed by atoms with Crippen molar-refractivity contribution in [3.8, 4) is 5.75 Å². The number of aromatic nitrogens is 1. The SMILES string of the molecule is Fc1ncccc1OCC1CCC2(CCCC2)O1. The summed E-state index contributed by atoms with van der Waals surface area (Å²) in [6.45, 7) is 0.421. The second kappa shape index (κ2) is 4.84. The van der Waals surface area contributed by atoms with Crippen LogP contribution in [-0.2, 0) is 4.74 Å². The maximum Gasteiger partial charge on any atom is 0.255 e. The number of ether oxygens (including phenoxy) is 2. The molecule has 1 aromatic heterocycles. The van der Waals surface area contributed by atoms with Crippen molar-refractivity contribution < 1.29 is 13.9 Å². The zero-order chi connectivity index (χ0) is 12.4. The molecule has 2 fully saturated rings. The molecule has 1 atom stereocenters. The second-order valence-corrected chi connectivity index (χ2v) is 5.27. The van der Waals surface area contributed by atoms with Gasteiger partial charge in [0.05, 0.1) is 11.7 Å². The summed E-state index contributed by atoms with van der Waals surface area (Å²) in [5.41, 5.74) is 0.113. The minimum Gasteiger partial charge on any atom is -0.486 e. The first-order valence-electron chi connectivity index (χ1n) is 6.69. The van der Waals surface area contributed by atoms with E-state index in [1.54, 1.807) is 12.1 Å². The normalized spacial score (nSPS) is 25.7. The monoisotopic (exact) mass is 251 g/mol. The Morgan fingerprint density at radius 3 is 3.00 bits per heavy atom. The number of hydrogen-bond donors (Lipinski definition) is 0. The zero-order valence-electron chi connectivity index (χ0n) is 10.4. The first kappa shape index (κ1) is 11.9. The lowest BCUT2D eigenvalue weighted by Crippen LogP contribution is -2.27. The van der Waals surface area contributed by atoms with E-state index in [0.717, 1.165) is 12.8 Å². The Labute approximate surface area is 106 Å². The standard InChI is InChI=1S/C14H18FNO2/c15-13-12(4-3-9-16-13)17-10-11-5-8-14(18-11)6-1-2-7-14/h3-4,9,11H,1-2,5-8,10H2. The van der Waals surface area contributed by atoms with E-state index in [-0.39, 0.29) is 17.5 Å². The molecule has 3 rings (SSSR count). The van der Waals surface area contributed by atoms with Crippen molar-refractivity contribution in [2.24, 2.45) is 0 Å². The Hall–Kier alpha value is -1.16. The van der Waals surface area contributed by atoms with Gasteiger partial charge in [0.15, 0.2) is 5.75 Å². The molecule has 1 unspecified atom stereocenters. The van der Waals surface area contributed by atoms with Gasteiger partial charge in [0.2, 0.25) is 0 Å². The first-order chi connectivity index (χ1) is 8.77. The molecule has 0 N–H and O–H groups in total. The molecule has 1 aliphatic heterocycles. The molecule has 2 aliphatic rings. The van der Waals surface area contributed by atoms with E-state index in [1.807, 2.05) is 0 Å². The predicted molar refractivity (Wildman–Crippen MR) is 65.0 cm³/mol. The lowest BCUT2D eigenvalue weighted by molar-refractivity contribution is -0.0512. The van der Waals surface area contributed by atoms with Crippen LogP contribution in [0.1, 0.15) is 38.5 Å². The van der Waals surface area contributed by atoms with E-state index in [2.05, 4.69) is 4.98 Å². The molecule has 1 spiro atoms. The van der Waals surface area contributed by atoms with Gasteiger partial charge >= 0.3 is 0 Å². The van der Waals surface area contributed by atoms with Crippen molar-refractivity contribution in [1.29, 1.82) is 0 Å². The van der Waals surface area contributed by atoms with Gasteiger partial charge in [-0.1, -0.05) is 12.8 Å². The summed E-state index contributed by atoms with van der Waals surface area (Å²) in [5, 5.41) is 0. The maximum absolute atomic E-state index is 13.3. The summed E-state index contributed by atoms with van der Waals surface area (Å²) >= 11 is 0. The molecule has 3 nitrogen and oxygen atoms in total. The number of hydrogen-bond acceptors (Lipinski definition) is 3. The third-order valence-electron chi connectivity index (χ3n) is 4.00. The van der Waals surface area contributed by atoms with Crippen LogP contribution in [0.2, 0.25) is 0 Å². The van der Waals surface area contributed by atoms with Crippen LogP contribution in [0.5, 0.6) is 5.75 Å². The summed E-state index contributed by atoms with van der Waals surface area (Å²) in [7, 11) is 0. The van der Waals surface area contributed by atoms with E-state index in [0.29, 0.717) is 6.61 Å². The third-order valence-corrected chi connectivity index (χ3v) is 4.00. The Morgan fingerprint density at radius 2 is 2.22 bits per heavy atom. The minimum atomic E-state index is -0.550. The molecule has 1 aromatic rings. The fourth-order valence-electron chi connectivity index (χ4n) is 3.06. The van der Waals surface area contributed by atoms with Gasteiger partial charge in [-0.25, -0.2) is 4.98 Å². The highest BCUT2D eigenvalue weighted by Gasteiger charge is 2.42. The molecule has 2 heterocycles. The van der Waals surface area contributed by atoms with Gasteiger partial charge < -0.3 is 9.47 Å². The Kier molecular flexibility index (Phi) is 3.20. The van der Waals surface area contributed by atoms with Crippen molar-refractivity contribution in [3.05, 3.63) is 24.3 Å². The highest BCUT2D eigenvalue weighted by atomic mass is 19.1. The van der Waals surface area contributed by atoms with Crippen LogP contribution >= 0.6 is 0 Å². The predicted octanol–water partition coefficient (Wildman–Crippen LogP) is 3.09. The van der Waals surface area contributed by atoms with Gasteiger partial charge in [0.25, 0.3) is 5.95 Å². The number of rotatable bonds is 3. The maximum atomic E-state index is 13.3. The third kappa shape index (κ3) is 2.34. The van der Waals surface area contributed by atoms with Gasteiger partial charge in [-0.15, -0.1) is 0 Å². The molecule has 0 radical (unpaired) electrons. The highest BCUT2D eigenvalue weighted by molar-refractivity contribution is 5.17. The fourth-order valence-corrected chi connectivity index (χ4v) is 3.06. The van der Waals surface area contributed by atoms with Crippen molar-refractivity contribution in [1.82, 2.24) is 4.98 Å². The van der Waals surface area contributed by atoms with Crippen molar-refractivity contribution in [2.75, 3.05) is 6.61 Å². The average Bonchev–Trinajstić information content (AvgIpc) is 3.00. The Balaban J connectivity index is 1.54. The van der Waals surface area contributed by atoms with Crippen LogP contribution in [0.3, 0.4) is 0 Å². The van der Waals surface area contributed by atoms with E-state index >= 15 is 0 Å². The summed E-state index contributed by atoms with van der Waals surface area (Å²) in [4.78, 5) is 3.56. The van der Waals surface area contributed by atoms with E-state index in [1.165, 1.54) is 31.9 Å². The average molecular weight is 251 g/mol. The van der Waals surface area contributed by atoms with Gasteiger partial charge in [0.1, 0.15) is 6.61 Å². The molecule has 0 amide bonds. The van der Waals surface area contributed by atoms with E-state index in [9.17, 15) is 4.39 Å². The van der Waals surface area contributed by atoms with Crippen LogP contribution in [0.15, 0.2) is 18.3 Å². The van der Waals surface area contributed by atoms with Crippen LogP contribution < -0.4 is 4.74 Å². The van der Waals surface area contributed by atoms with Gasteiger partial charge in [-0.3, -0.25) is 0 Å². The fraction of sp³-hybridized carbons (Fsp3) is 0.643. The summed E-state index contributed by atoms with van der Waals surface area (Å²) < 4.78 is 24.8. The molecule has 0 aromatic carbocycles. The molecular formula is C14H18FNO2. The summed E-state index contributed by atoms with van der Waals surface area (Å²) in [6.07, 6.45) is 8.54. The molecule has 1 saturated carbocycles. The number of nitrogens with zero attached hydrogens (tertiary/aromatic N) is 1. The van der Waals surface area contributed by atoms with E-state index < -0.39 is 5.95 Å². The van der Waals surface area contributed by atoms with Crippen LogP contribution in [0.4, 0.5) is 4.39 Å². The second-order valence-electron chi connectivity index (χ2n) is 5.27. The van der Waals surface area contributed by atoms with Crippen molar-refractivity contribution >= 4 is 0 Å². The van der Waals surface area contributed by atoms with Crippen LogP contribution in [0.25, 0.3) is 0 Å². The molecular weight excluding hydrogens is 233 g/mol. The first-order valence-corrected chi connectivity index (χ1v) is 6.69. The molecule has 4 heteroatoms. The van der Waals surface area contributed by atoms with Crippen LogP contribution in [0, 0.1) is 5.95 Å². The minimum absolute atomic E-state index is 0.0997. The summed E-state index contributed by atoms with van der Waals surface area (Å²) in [6, 6.07) is 3.27. The smallest absolute Gasteiger partial charge is 0.255 e. The van der Waals surface area contributed by atoms with Crippen molar-refractivity contribution in [3.63, 3.8) is 0 Å². The van der Waals surface area contributed by atoms with E-state index in [4.69, 9.17) is 9.47 Å². The molecule has 0 bridgehead atoms. The van der Waals surface area contributed by atoms with Gasteiger partial charge in [0, 0.05) is 6.20 Å². The highest BCUT2D eigenvalue weighted by Crippen LogP contribution is 2.43. The number of pyridine rings is 1. The topological polar surface area (TPSA) is 31.4 Å². The van der Waals surface area contributed by atoms with Gasteiger partial charge in [-0.2, -0.15) is 4.39 Å². The Bertz CT molecular complexity index is 418. The molecule has 18 heavy (non-hydrogen) atoms. The Morgan fingerprint density at radius 1 is 1.39 bits per heavy atom. The largest absolute Gasteiger partial charge is 0.486 e. The quantitative estimate of drug-likeness (QED) is 0.774. The van der Waals surface area contributed by atoms with Crippen molar-refractivity contribution in [2.45, 2.75) is 50.2 Å². The van der Waals surface area contributed by atoms with Gasteiger partial charge in [-0.05, 0) is 37.8 Å². The lowest BCUT2D eigenvalue weighted by Gasteiger charge is -2.23. The molecule has 1 saturated heterocycles.